The van der Waals surface area contributed by atoms with Gasteiger partial charge >= 0.3 is 0 Å². The van der Waals surface area contributed by atoms with Crippen LogP contribution in [-0.4, -0.2) is 24.2 Å². The monoisotopic (exact) mass is 246 g/mol. The summed E-state index contributed by atoms with van der Waals surface area (Å²) in [7, 11) is 0. The van der Waals surface area contributed by atoms with Crippen molar-refractivity contribution in [2.45, 2.75) is 44.7 Å². The van der Waals surface area contributed by atoms with Gasteiger partial charge in [-0.15, -0.1) is 0 Å². The molecule has 1 fully saturated rings. The first-order chi connectivity index (χ1) is 8.84. The molecule has 0 spiro atoms. The van der Waals surface area contributed by atoms with E-state index in [-0.39, 0.29) is 0 Å². The van der Waals surface area contributed by atoms with E-state index in [9.17, 15) is 0 Å². The number of fused-ring (bicyclic) bond motifs is 1. The van der Waals surface area contributed by atoms with Crippen LogP contribution in [0.1, 0.15) is 43.5 Å². The van der Waals surface area contributed by atoms with Gasteiger partial charge in [0.15, 0.2) is 0 Å². The van der Waals surface area contributed by atoms with Gasteiger partial charge in [0.2, 0.25) is 0 Å². The maximum atomic E-state index is 5.44. The molecular formula is C15H22N2O. The Hall–Kier alpha value is -0.930. The van der Waals surface area contributed by atoms with Gasteiger partial charge in [-0.1, -0.05) is 6.07 Å². The summed E-state index contributed by atoms with van der Waals surface area (Å²) in [5.41, 5.74) is 2.70. The van der Waals surface area contributed by atoms with E-state index in [0.717, 1.165) is 19.1 Å². The second-order valence-corrected chi connectivity index (χ2v) is 5.54. The number of pyridine rings is 1. The molecule has 3 nitrogen and oxygen atoms in total. The van der Waals surface area contributed by atoms with E-state index >= 15 is 0 Å². The fraction of sp³-hybridized carbons (Fsp3) is 0.667. The third kappa shape index (κ3) is 2.43. The summed E-state index contributed by atoms with van der Waals surface area (Å²) in [6.45, 7) is 4.17. The van der Waals surface area contributed by atoms with Crippen molar-refractivity contribution >= 4 is 0 Å². The Labute approximate surface area is 109 Å². The number of aromatic nitrogens is 1. The third-order valence-electron chi connectivity index (χ3n) is 4.40. The van der Waals surface area contributed by atoms with E-state index in [1.807, 2.05) is 12.3 Å². The average Bonchev–Trinajstić information content (AvgIpc) is 2.83. The molecule has 1 saturated heterocycles. The van der Waals surface area contributed by atoms with Gasteiger partial charge in [-0.05, 0) is 50.2 Å². The first-order valence-corrected chi connectivity index (χ1v) is 7.12. The number of nitrogens with one attached hydrogen (secondary N) is 1. The summed E-state index contributed by atoms with van der Waals surface area (Å²) in [5.74, 6) is 0.756. The molecule has 2 heterocycles. The molecule has 1 aliphatic heterocycles. The second kappa shape index (κ2) is 5.37. The first kappa shape index (κ1) is 12.1. The van der Waals surface area contributed by atoms with Gasteiger partial charge in [0, 0.05) is 25.5 Å². The van der Waals surface area contributed by atoms with Crippen molar-refractivity contribution in [1.29, 1.82) is 0 Å². The van der Waals surface area contributed by atoms with Crippen LogP contribution in [0.15, 0.2) is 18.3 Å². The van der Waals surface area contributed by atoms with Gasteiger partial charge in [-0.3, -0.25) is 4.98 Å². The van der Waals surface area contributed by atoms with E-state index in [1.165, 1.54) is 36.9 Å². The normalized spacial score (nSPS) is 25.9. The fourth-order valence-electron chi connectivity index (χ4n) is 3.24. The Morgan fingerprint density at radius 2 is 2.17 bits per heavy atom. The Bertz CT molecular complexity index is 401. The van der Waals surface area contributed by atoms with Crippen LogP contribution in [-0.2, 0) is 11.2 Å². The van der Waals surface area contributed by atoms with E-state index < -0.39 is 0 Å². The number of hydrogen-bond acceptors (Lipinski definition) is 3. The van der Waals surface area contributed by atoms with Crippen LogP contribution in [0.3, 0.4) is 0 Å². The number of aryl methyl sites for hydroxylation is 1. The summed E-state index contributed by atoms with van der Waals surface area (Å²) in [4.78, 5) is 4.55. The molecule has 2 atom stereocenters. The van der Waals surface area contributed by atoms with Crippen molar-refractivity contribution in [3.8, 4) is 0 Å². The minimum atomic E-state index is 0.457. The molecule has 1 aliphatic carbocycles. The van der Waals surface area contributed by atoms with Crippen molar-refractivity contribution in [2.75, 3.05) is 13.2 Å². The van der Waals surface area contributed by atoms with Crippen molar-refractivity contribution in [3.63, 3.8) is 0 Å². The summed E-state index contributed by atoms with van der Waals surface area (Å²) in [6, 6.07) is 5.28. The minimum absolute atomic E-state index is 0.457. The van der Waals surface area contributed by atoms with Crippen molar-refractivity contribution in [1.82, 2.24) is 10.3 Å². The minimum Gasteiger partial charge on any atom is -0.381 e. The predicted molar refractivity (Wildman–Crippen MR) is 71.4 cm³/mol. The molecule has 1 aromatic rings. The number of ether oxygens (including phenoxy) is 1. The predicted octanol–water partition coefficient (Wildman–Crippen LogP) is 2.47. The lowest BCUT2D eigenvalue weighted by Gasteiger charge is -2.30. The summed E-state index contributed by atoms with van der Waals surface area (Å²) in [6.07, 6.45) is 6.66. The highest BCUT2D eigenvalue weighted by molar-refractivity contribution is 5.28. The molecule has 0 aromatic carbocycles. The average molecular weight is 246 g/mol. The molecule has 3 heteroatoms. The van der Waals surface area contributed by atoms with Gasteiger partial charge in [-0.2, -0.15) is 0 Å². The SMILES string of the molecule is CC(NC1CCc2cccnc21)C1CCOCC1. The first-order valence-electron chi connectivity index (χ1n) is 7.12. The van der Waals surface area contributed by atoms with E-state index in [0.29, 0.717) is 12.1 Å². The van der Waals surface area contributed by atoms with Crippen LogP contribution in [0.25, 0.3) is 0 Å². The molecular weight excluding hydrogens is 224 g/mol. The fourth-order valence-corrected chi connectivity index (χ4v) is 3.24. The summed E-state index contributed by atoms with van der Waals surface area (Å²) in [5, 5.41) is 3.79. The zero-order valence-corrected chi connectivity index (χ0v) is 11.1. The Kier molecular flexibility index (Phi) is 3.62. The van der Waals surface area contributed by atoms with Crippen LogP contribution in [0.4, 0.5) is 0 Å². The number of rotatable bonds is 3. The van der Waals surface area contributed by atoms with Gasteiger partial charge < -0.3 is 10.1 Å². The lowest BCUT2D eigenvalue weighted by molar-refractivity contribution is 0.0543. The summed E-state index contributed by atoms with van der Waals surface area (Å²) >= 11 is 0. The molecule has 0 bridgehead atoms. The molecule has 2 unspecified atom stereocenters. The van der Waals surface area contributed by atoms with Crippen LogP contribution in [0.5, 0.6) is 0 Å². The van der Waals surface area contributed by atoms with Crippen LogP contribution < -0.4 is 5.32 Å². The highest BCUT2D eigenvalue weighted by Crippen LogP contribution is 2.30. The highest BCUT2D eigenvalue weighted by atomic mass is 16.5. The summed E-state index contributed by atoms with van der Waals surface area (Å²) < 4.78 is 5.44. The van der Waals surface area contributed by atoms with Gasteiger partial charge in [0.05, 0.1) is 11.7 Å². The van der Waals surface area contributed by atoms with E-state index in [4.69, 9.17) is 4.74 Å². The standard InChI is InChI=1S/C15H22N2O/c1-11(12-6-9-18-10-7-12)17-14-5-4-13-3-2-8-16-15(13)14/h2-3,8,11-12,14,17H,4-7,9-10H2,1H3. The van der Waals surface area contributed by atoms with Crippen LogP contribution >= 0.6 is 0 Å². The van der Waals surface area contributed by atoms with E-state index in [2.05, 4.69) is 23.3 Å². The second-order valence-electron chi connectivity index (χ2n) is 5.54. The molecule has 0 saturated carbocycles. The van der Waals surface area contributed by atoms with Gasteiger partial charge in [0.25, 0.3) is 0 Å². The van der Waals surface area contributed by atoms with Gasteiger partial charge in [0.1, 0.15) is 0 Å². The van der Waals surface area contributed by atoms with Gasteiger partial charge in [-0.25, -0.2) is 0 Å². The van der Waals surface area contributed by atoms with Crippen molar-refractivity contribution in [3.05, 3.63) is 29.6 Å². The quantitative estimate of drug-likeness (QED) is 0.889. The zero-order chi connectivity index (χ0) is 12.4. The molecule has 3 rings (SSSR count). The molecule has 0 amide bonds. The van der Waals surface area contributed by atoms with Crippen molar-refractivity contribution < 1.29 is 4.74 Å². The maximum absolute atomic E-state index is 5.44. The Morgan fingerprint density at radius 1 is 1.33 bits per heavy atom. The van der Waals surface area contributed by atoms with Crippen LogP contribution in [0.2, 0.25) is 0 Å². The molecule has 1 N–H and O–H groups in total. The number of hydrogen-bond donors (Lipinski definition) is 1. The van der Waals surface area contributed by atoms with Crippen LogP contribution in [0, 0.1) is 5.92 Å². The maximum Gasteiger partial charge on any atom is 0.0605 e. The Morgan fingerprint density at radius 3 is 3.00 bits per heavy atom. The molecule has 1 aromatic heterocycles. The Balaban J connectivity index is 1.63. The lowest BCUT2D eigenvalue weighted by Crippen LogP contribution is -2.38. The number of nitrogens with zero attached hydrogens (tertiary/aromatic N) is 1. The smallest absolute Gasteiger partial charge is 0.0605 e. The zero-order valence-electron chi connectivity index (χ0n) is 11.1. The van der Waals surface area contributed by atoms with Crippen molar-refractivity contribution in [2.24, 2.45) is 5.92 Å². The molecule has 0 radical (unpaired) electrons. The lowest BCUT2D eigenvalue weighted by atomic mass is 9.92. The molecule has 2 aliphatic rings. The topological polar surface area (TPSA) is 34.2 Å². The van der Waals surface area contributed by atoms with E-state index in [1.54, 1.807) is 0 Å². The third-order valence-corrected chi connectivity index (χ3v) is 4.40. The highest BCUT2D eigenvalue weighted by Gasteiger charge is 2.28. The largest absolute Gasteiger partial charge is 0.381 e. The molecule has 18 heavy (non-hydrogen) atoms. The molecule has 98 valence electrons.